The van der Waals surface area contributed by atoms with Gasteiger partial charge in [0.15, 0.2) is 0 Å². The Morgan fingerprint density at radius 2 is 2.22 bits per heavy atom. The highest BCUT2D eigenvalue weighted by Gasteiger charge is 2.27. The van der Waals surface area contributed by atoms with Crippen LogP contribution in [0.4, 0.5) is 5.69 Å². The fraction of sp³-hybridized carbons (Fsp3) is 0.357. The number of nitrogen functional groups attached to an aromatic ring is 1. The molecule has 1 aromatic carbocycles. The van der Waals surface area contributed by atoms with Gasteiger partial charge in [-0.3, -0.25) is 4.90 Å². The molecule has 4 heteroatoms. The smallest absolute Gasteiger partial charge is 0.211 e. The number of aromatic nitrogens is 1. The Kier molecular flexibility index (Phi) is 2.59. The number of aryl methyl sites for hydroxylation is 1. The van der Waals surface area contributed by atoms with E-state index < -0.39 is 0 Å². The number of hydrogen-bond acceptors (Lipinski definition) is 4. The molecule has 2 N–H and O–H groups in total. The first-order valence-corrected chi connectivity index (χ1v) is 6.18. The van der Waals surface area contributed by atoms with Crippen molar-refractivity contribution in [2.45, 2.75) is 33.0 Å². The highest BCUT2D eigenvalue weighted by Crippen LogP contribution is 2.33. The molecule has 3 rings (SSSR count). The van der Waals surface area contributed by atoms with E-state index in [4.69, 9.17) is 10.2 Å². The number of nitrogens with zero attached hydrogens (tertiary/aromatic N) is 2. The van der Waals surface area contributed by atoms with Crippen molar-refractivity contribution in [3.05, 3.63) is 47.2 Å². The Labute approximate surface area is 106 Å². The number of benzene rings is 1. The first-order chi connectivity index (χ1) is 8.65. The van der Waals surface area contributed by atoms with Gasteiger partial charge >= 0.3 is 0 Å². The zero-order valence-corrected chi connectivity index (χ0v) is 10.7. The second-order valence-corrected chi connectivity index (χ2v) is 4.88. The first kappa shape index (κ1) is 11.3. The van der Waals surface area contributed by atoms with Gasteiger partial charge < -0.3 is 10.2 Å². The van der Waals surface area contributed by atoms with E-state index in [1.807, 2.05) is 19.1 Å². The Morgan fingerprint density at radius 3 is 2.89 bits per heavy atom. The fourth-order valence-electron chi connectivity index (χ4n) is 2.47. The standard InChI is InChI=1S/C14H17N3O/c1-9-6-16-14(18-9)10(2)17-7-11-4-3-5-13(15)12(11)8-17/h3-6,10H,7-8,15H2,1-2H3. The number of anilines is 1. The lowest BCUT2D eigenvalue weighted by Crippen LogP contribution is -2.21. The minimum atomic E-state index is 0.172. The van der Waals surface area contributed by atoms with Crippen LogP contribution in [0.15, 0.2) is 28.8 Å². The lowest BCUT2D eigenvalue weighted by Gasteiger charge is -2.20. The molecular weight excluding hydrogens is 226 g/mol. The molecule has 2 heterocycles. The van der Waals surface area contributed by atoms with Crippen molar-refractivity contribution in [2.75, 3.05) is 5.73 Å². The maximum absolute atomic E-state index is 6.01. The van der Waals surface area contributed by atoms with Crippen LogP contribution in [-0.4, -0.2) is 9.88 Å². The molecule has 0 amide bonds. The van der Waals surface area contributed by atoms with Gasteiger partial charge in [-0.1, -0.05) is 12.1 Å². The van der Waals surface area contributed by atoms with Crippen molar-refractivity contribution in [3.8, 4) is 0 Å². The molecule has 0 spiro atoms. The van der Waals surface area contributed by atoms with Gasteiger partial charge in [-0.25, -0.2) is 4.98 Å². The third-order valence-electron chi connectivity index (χ3n) is 3.59. The van der Waals surface area contributed by atoms with Crippen LogP contribution in [-0.2, 0) is 13.1 Å². The van der Waals surface area contributed by atoms with Crippen molar-refractivity contribution in [1.82, 2.24) is 9.88 Å². The van der Waals surface area contributed by atoms with Gasteiger partial charge in [0.2, 0.25) is 5.89 Å². The monoisotopic (exact) mass is 243 g/mol. The summed E-state index contributed by atoms with van der Waals surface area (Å²) in [5.41, 5.74) is 9.45. The van der Waals surface area contributed by atoms with Crippen molar-refractivity contribution in [1.29, 1.82) is 0 Å². The molecular formula is C14H17N3O. The third kappa shape index (κ3) is 1.78. The topological polar surface area (TPSA) is 55.3 Å². The summed E-state index contributed by atoms with van der Waals surface area (Å²) in [6.45, 7) is 5.81. The van der Waals surface area contributed by atoms with Crippen LogP contribution in [0, 0.1) is 6.92 Å². The van der Waals surface area contributed by atoms with Crippen molar-refractivity contribution < 1.29 is 4.42 Å². The van der Waals surface area contributed by atoms with Gasteiger partial charge in [0.1, 0.15) is 5.76 Å². The first-order valence-electron chi connectivity index (χ1n) is 6.18. The summed E-state index contributed by atoms with van der Waals surface area (Å²) in [6.07, 6.45) is 1.77. The molecule has 0 fully saturated rings. The van der Waals surface area contributed by atoms with E-state index in [2.05, 4.69) is 22.9 Å². The summed E-state index contributed by atoms with van der Waals surface area (Å²) in [7, 11) is 0. The van der Waals surface area contributed by atoms with Crippen molar-refractivity contribution >= 4 is 5.69 Å². The summed E-state index contributed by atoms with van der Waals surface area (Å²) in [6, 6.07) is 6.28. The minimum Gasteiger partial charge on any atom is -0.444 e. The largest absolute Gasteiger partial charge is 0.444 e. The Hall–Kier alpha value is -1.81. The lowest BCUT2D eigenvalue weighted by molar-refractivity contribution is 0.184. The average molecular weight is 243 g/mol. The zero-order valence-electron chi connectivity index (χ0n) is 10.7. The van der Waals surface area contributed by atoms with E-state index in [1.54, 1.807) is 6.20 Å². The lowest BCUT2D eigenvalue weighted by atomic mass is 10.1. The molecule has 0 saturated heterocycles. The van der Waals surface area contributed by atoms with E-state index in [0.717, 1.165) is 30.4 Å². The number of rotatable bonds is 2. The van der Waals surface area contributed by atoms with Crippen molar-refractivity contribution in [3.63, 3.8) is 0 Å². The number of oxazole rings is 1. The molecule has 94 valence electrons. The Morgan fingerprint density at radius 1 is 1.39 bits per heavy atom. The van der Waals surface area contributed by atoms with Crippen LogP contribution in [0.3, 0.4) is 0 Å². The van der Waals surface area contributed by atoms with Crippen LogP contribution in [0.5, 0.6) is 0 Å². The van der Waals surface area contributed by atoms with E-state index in [-0.39, 0.29) is 6.04 Å². The average Bonchev–Trinajstić information content (AvgIpc) is 2.95. The van der Waals surface area contributed by atoms with E-state index in [9.17, 15) is 0 Å². The molecule has 1 unspecified atom stereocenters. The molecule has 0 saturated carbocycles. The number of nitrogens with two attached hydrogens (primary N) is 1. The van der Waals surface area contributed by atoms with Crippen molar-refractivity contribution in [2.24, 2.45) is 0 Å². The molecule has 1 atom stereocenters. The van der Waals surface area contributed by atoms with Crippen LogP contribution in [0.1, 0.15) is 35.7 Å². The van der Waals surface area contributed by atoms with Gasteiger partial charge in [0.05, 0.1) is 12.2 Å². The quantitative estimate of drug-likeness (QED) is 0.824. The molecule has 2 aromatic rings. The molecule has 0 aliphatic carbocycles. The predicted molar refractivity (Wildman–Crippen MR) is 69.8 cm³/mol. The second-order valence-electron chi connectivity index (χ2n) is 4.88. The van der Waals surface area contributed by atoms with Crippen LogP contribution < -0.4 is 5.73 Å². The number of hydrogen-bond donors (Lipinski definition) is 1. The van der Waals surface area contributed by atoms with Gasteiger partial charge in [0.25, 0.3) is 0 Å². The molecule has 18 heavy (non-hydrogen) atoms. The van der Waals surface area contributed by atoms with Crippen LogP contribution >= 0.6 is 0 Å². The summed E-state index contributed by atoms with van der Waals surface area (Å²) < 4.78 is 5.60. The fourth-order valence-corrected chi connectivity index (χ4v) is 2.47. The van der Waals surface area contributed by atoms with Gasteiger partial charge in [-0.05, 0) is 31.0 Å². The minimum absolute atomic E-state index is 0.172. The summed E-state index contributed by atoms with van der Waals surface area (Å²) in [4.78, 5) is 6.63. The molecule has 1 aliphatic heterocycles. The number of fused-ring (bicyclic) bond motifs is 1. The maximum atomic E-state index is 6.01. The maximum Gasteiger partial charge on any atom is 0.211 e. The Balaban J connectivity index is 1.83. The molecule has 0 radical (unpaired) electrons. The van der Waals surface area contributed by atoms with Gasteiger partial charge in [0, 0.05) is 18.8 Å². The van der Waals surface area contributed by atoms with Crippen LogP contribution in [0.25, 0.3) is 0 Å². The van der Waals surface area contributed by atoms with E-state index in [1.165, 1.54) is 11.1 Å². The SMILES string of the molecule is Cc1cnc(C(C)N2Cc3cccc(N)c3C2)o1. The van der Waals surface area contributed by atoms with E-state index >= 15 is 0 Å². The third-order valence-corrected chi connectivity index (χ3v) is 3.59. The highest BCUT2D eigenvalue weighted by atomic mass is 16.4. The van der Waals surface area contributed by atoms with Gasteiger partial charge in [-0.15, -0.1) is 0 Å². The van der Waals surface area contributed by atoms with Crippen LogP contribution in [0.2, 0.25) is 0 Å². The highest BCUT2D eigenvalue weighted by molar-refractivity contribution is 5.52. The zero-order chi connectivity index (χ0) is 12.7. The van der Waals surface area contributed by atoms with Gasteiger partial charge in [-0.2, -0.15) is 0 Å². The van der Waals surface area contributed by atoms with E-state index in [0.29, 0.717) is 0 Å². The predicted octanol–water partition coefficient (Wildman–Crippen LogP) is 2.64. The normalized spacial score (nSPS) is 16.8. The Bertz CT molecular complexity index is 576. The summed E-state index contributed by atoms with van der Waals surface area (Å²) >= 11 is 0. The molecule has 1 aromatic heterocycles. The second kappa shape index (κ2) is 4.14. The molecule has 4 nitrogen and oxygen atoms in total. The summed E-state index contributed by atoms with van der Waals surface area (Å²) in [5.74, 6) is 1.63. The summed E-state index contributed by atoms with van der Waals surface area (Å²) in [5, 5.41) is 0. The molecule has 0 bridgehead atoms. The molecule has 1 aliphatic rings.